The van der Waals surface area contributed by atoms with Crippen LogP contribution in [-0.4, -0.2) is 6.26 Å². The maximum absolute atomic E-state index is 2.29. The van der Waals surface area contributed by atoms with Gasteiger partial charge in [0.05, 0.1) is 0 Å². The SMILES string of the molecule is CSc1ccc(C(C)C)c(C)c1C(C)C. The molecule has 1 heteroatoms. The van der Waals surface area contributed by atoms with Crippen LogP contribution in [0.3, 0.4) is 0 Å². The second kappa shape index (κ2) is 5.07. The molecule has 0 unspecified atom stereocenters. The van der Waals surface area contributed by atoms with E-state index < -0.39 is 0 Å². The molecule has 0 bridgehead atoms. The van der Waals surface area contributed by atoms with Gasteiger partial charge in [0.15, 0.2) is 0 Å². The van der Waals surface area contributed by atoms with Crippen LogP contribution in [0.5, 0.6) is 0 Å². The molecule has 0 heterocycles. The van der Waals surface area contributed by atoms with Gasteiger partial charge in [-0.1, -0.05) is 33.8 Å². The fourth-order valence-corrected chi connectivity index (χ4v) is 3.05. The second-order valence-corrected chi connectivity index (χ2v) is 5.55. The Kier molecular flexibility index (Phi) is 4.27. The van der Waals surface area contributed by atoms with Crippen molar-refractivity contribution in [2.45, 2.75) is 51.3 Å². The van der Waals surface area contributed by atoms with Crippen LogP contribution in [0.2, 0.25) is 0 Å². The van der Waals surface area contributed by atoms with E-state index in [-0.39, 0.29) is 0 Å². The first kappa shape index (κ1) is 12.6. The maximum atomic E-state index is 2.29. The molecule has 84 valence electrons. The molecule has 0 aliphatic carbocycles. The number of rotatable bonds is 3. The van der Waals surface area contributed by atoms with Crippen LogP contribution in [0.15, 0.2) is 17.0 Å². The molecule has 0 nitrogen and oxygen atoms in total. The summed E-state index contributed by atoms with van der Waals surface area (Å²) in [5, 5.41) is 0. The van der Waals surface area contributed by atoms with Gasteiger partial charge in [-0.05, 0) is 47.8 Å². The van der Waals surface area contributed by atoms with Crippen molar-refractivity contribution in [2.24, 2.45) is 0 Å². The normalized spacial score (nSPS) is 11.5. The molecule has 1 aromatic carbocycles. The van der Waals surface area contributed by atoms with Gasteiger partial charge < -0.3 is 0 Å². The number of hydrogen-bond acceptors (Lipinski definition) is 1. The quantitative estimate of drug-likeness (QED) is 0.651. The Hall–Kier alpha value is -0.430. The average Bonchev–Trinajstić information content (AvgIpc) is 2.15. The van der Waals surface area contributed by atoms with Crippen molar-refractivity contribution in [1.29, 1.82) is 0 Å². The first-order valence-corrected chi connectivity index (χ1v) is 6.88. The smallest absolute Gasteiger partial charge is 0.0107 e. The van der Waals surface area contributed by atoms with Crippen molar-refractivity contribution in [3.8, 4) is 0 Å². The summed E-state index contributed by atoms with van der Waals surface area (Å²) >= 11 is 1.86. The molecule has 0 saturated heterocycles. The molecule has 15 heavy (non-hydrogen) atoms. The van der Waals surface area contributed by atoms with Gasteiger partial charge >= 0.3 is 0 Å². The molecule has 0 spiro atoms. The summed E-state index contributed by atoms with van der Waals surface area (Å²) < 4.78 is 0. The third kappa shape index (κ3) is 2.57. The van der Waals surface area contributed by atoms with Gasteiger partial charge in [-0.25, -0.2) is 0 Å². The third-order valence-corrected chi connectivity index (χ3v) is 3.73. The topological polar surface area (TPSA) is 0 Å². The van der Waals surface area contributed by atoms with Crippen molar-refractivity contribution in [2.75, 3.05) is 6.26 Å². The Labute approximate surface area is 98.5 Å². The van der Waals surface area contributed by atoms with Crippen LogP contribution in [-0.2, 0) is 0 Å². The highest BCUT2D eigenvalue weighted by atomic mass is 32.2. The van der Waals surface area contributed by atoms with Crippen LogP contribution in [0.25, 0.3) is 0 Å². The van der Waals surface area contributed by atoms with E-state index in [4.69, 9.17) is 0 Å². The van der Waals surface area contributed by atoms with E-state index in [0.29, 0.717) is 11.8 Å². The van der Waals surface area contributed by atoms with Gasteiger partial charge in [0.25, 0.3) is 0 Å². The Morgan fingerprint density at radius 2 is 1.60 bits per heavy atom. The number of hydrogen-bond donors (Lipinski definition) is 0. The molecule has 0 aromatic heterocycles. The standard InChI is InChI=1S/C14H22S/c1-9(2)12-7-8-13(15-6)14(10(3)4)11(12)5/h7-10H,1-6H3. The van der Waals surface area contributed by atoms with Gasteiger partial charge in [-0.2, -0.15) is 0 Å². The first-order valence-electron chi connectivity index (χ1n) is 5.66. The summed E-state index contributed by atoms with van der Waals surface area (Å²) in [5.74, 6) is 1.24. The molecule has 0 amide bonds. The average molecular weight is 222 g/mol. The molecule has 0 fully saturated rings. The van der Waals surface area contributed by atoms with Crippen LogP contribution in [0.4, 0.5) is 0 Å². The molecule has 0 saturated carbocycles. The van der Waals surface area contributed by atoms with Crippen molar-refractivity contribution in [3.05, 3.63) is 28.8 Å². The highest BCUT2D eigenvalue weighted by molar-refractivity contribution is 7.98. The third-order valence-electron chi connectivity index (χ3n) is 2.94. The summed E-state index contributed by atoms with van der Waals surface area (Å²) in [5.41, 5.74) is 4.53. The summed E-state index contributed by atoms with van der Waals surface area (Å²) in [6, 6.07) is 4.57. The van der Waals surface area contributed by atoms with Crippen LogP contribution in [0, 0.1) is 6.92 Å². The van der Waals surface area contributed by atoms with E-state index >= 15 is 0 Å². The Balaban J connectivity index is 3.36. The Morgan fingerprint density at radius 1 is 1.00 bits per heavy atom. The van der Waals surface area contributed by atoms with E-state index in [1.54, 1.807) is 0 Å². The minimum absolute atomic E-state index is 0.617. The van der Waals surface area contributed by atoms with Gasteiger partial charge in [-0.3, -0.25) is 0 Å². The zero-order valence-corrected chi connectivity index (χ0v) is 11.5. The van der Waals surface area contributed by atoms with Gasteiger partial charge in [0, 0.05) is 4.90 Å². The molecule has 0 aliphatic heterocycles. The molecule has 0 N–H and O–H groups in total. The Bertz CT molecular complexity index is 337. The lowest BCUT2D eigenvalue weighted by Crippen LogP contribution is -2.01. The minimum atomic E-state index is 0.617. The zero-order valence-electron chi connectivity index (χ0n) is 10.7. The number of benzene rings is 1. The van der Waals surface area contributed by atoms with Gasteiger partial charge in [-0.15, -0.1) is 11.8 Å². The number of thioether (sulfide) groups is 1. The molecular weight excluding hydrogens is 200 g/mol. The van der Waals surface area contributed by atoms with Crippen LogP contribution in [0.1, 0.15) is 56.2 Å². The van der Waals surface area contributed by atoms with E-state index in [1.807, 2.05) is 11.8 Å². The fraction of sp³-hybridized carbons (Fsp3) is 0.571. The van der Waals surface area contributed by atoms with Crippen LogP contribution < -0.4 is 0 Å². The van der Waals surface area contributed by atoms with Gasteiger partial charge in [0.2, 0.25) is 0 Å². The molecule has 1 aromatic rings. The fourth-order valence-electron chi connectivity index (χ4n) is 2.24. The maximum Gasteiger partial charge on any atom is 0.0107 e. The van der Waals surface area contributed by atoms with Crippen molar-refractivity contribution < 1.29 is 0 Å². The second-order valence-electron chi connectivity index (χ2n) is 4.71. The lowest BCUT2D eigenvalue weighted by molar-refractivity contribution is 0.799. The Morgan fingerprint density at radius 3 is 2.00 bits per heavy atom. The zero-order chi connectivity index (χ0) is 11.6. The van der Waals surface area contributed by atoms with Crippen molar-refractivity contribution >= 4 is 11.8 Å². The molecule has 0 atom stereocenters. The molecule has 0 aliphatic rings. The lowest BCUT2D eigenvalue weighted by atomic mass is 9.89. The summed E-state index contributed by atoms with van der Waals surface area (Å²) in [7, 11) is 0. The highest BCUT2D eigenvalue weighted by Gasteiger charge is 2.13. The first-order chi connectivity index (χ1) is 6.99. The lowest BCUT2D eigenvalue weighted by Gasteiger charge is -2.19. The highest BCUT2D eigenvalue weighted by Crippen LogP contribution is 2.34. The molecular formula is C14H22S. The van der Waals surface area contributed by atoms with Crippen molar-refractivity contribution in [3.63, 3.8) is 0 Å². The predicted octanol–water partition coefficient (Wildman–Crippen LogP) is 4.96. The monoisotopic (exact) mass is 222 g/mol. The van der Waals surface area contributed by atoms with Crippen LogP contribution >= 0.6 is 11.8 Å². The van der Waals surface area contributed by atoms with E-state index in [1.165, 1.54) is 21.6 Å². The molecule has 0 radical (unpaired) electrons. The van der Waals surface area contributed by atoms with Gasteiger partial charge in [0.1, 0.15) is 0 Å². The summed E-state index contributed by atoms with van der Waals surface area (Å²) in [4.78, 5) is 1.44. The minimum Gasteiger partial charge on any atom is -0.129 e. The van der Waals surface area contributed by atoms with Crippen molar-refractivity contribution in [1.82, 2.24) is 0 Å². The summed E-state index contributed by atoms with van der Waals surface area (Å²) in [6.07, 6.45) is 2.16. The summed E-state index contributed by atoms with van der Waals surface area (Å²) in [6.45, 7) is 11.4. The van der Waals surface area contributed by atoms with E-state index in [0.717, 1.165) is 0 Å². The predicted molar refractivity (Wildman–Crippen MR) is 71.1 cm³/mol. The van der Waals surface area contributed by atoms with E-state index in [2.05, 4.69) is 53.0 Å². The van der Waals surface area contributed by atoms with E-state index in [9.17, 15) is 0 Å². The largest absolute Gasteiger partial charge is 0.129 e. The molecule has 1 rings (SSSR count).